The van der Waals surface area contributed by atoms with Gasteiger partial charge >= 0.3 is 0 Å². The van der Waals surface area contributed by atoms with Crippen LogP contribution >= 0.6 is 0 Å². The number of Topliss-reactive ketones (excluding diaryl/α,β-unsaturated/α-hetero) is 2. The van der Waals surface area contributed by atoms with Gasteiger partial charge in [-0.2, -0.15) is 0 Å². The number of ketones is 2. The minimum atomic E-state index is -0.804. The minimum absolute atomic E-state index is 0.0871. The molecule has 1 atom stereocenters. The topological polar surface area (TPSA) is 71.5 Å². The lowest BCUT2D eigenvalue weighted by Crippen LogP contribution is -2.45. The van der Waals surface area contributed by atoms with Crippen LogP contribution < -0.4 is 0 Å². The van der Waals surface area contributed by atoms with Crippen molar-refractivity contribution in [3.05, 3.63) is 35.4 Å². The molecule has 0 N–H and O–H groups in total. The van der Waals surface area contributed by atoms with Crippen molar-refractivity contribution >= 4 is 23.4 Å². The smallest absolute Gasteiger partial charge is 0.262 e. The van der Waals surface area contributed by atoms with Gasteiger partial charge in [-0.05, 0) is 25.0 Å². The zero-order chi connectivity index (χ0) is 15.0. The van der Waals surface area contributed by atoms with E-state index in [9.17, 15) is 19.2 Å². The summed E-state index contributed by atoms with van der Waals surface area (Å²) in [5, 5.41) is 0. The number of fused-ring (bicyclic) bond motifs is 1. The zero-order valence-electron chi connectivity index (χ0n) is 11.5. The van der Waals surface area contributed by atoms with E-state index in [1.807, 2.05) is 0 Å². The first-order valence-electron chi connectivity index (χ1n) is 7.11. The lowest BCUT2D eigenvalue weighted by molar-refractivity contribution is -0.125. The fourth-order valence-corrected chi connectivity index (χ4v) is 2.97. The van der Waals surface area contributed by atoms with Crippen molar-refractivity contribution in [2.75, 3.05) is 0 Å². The lowest BCUT2D eigenvalue weighted by atomic mass is 9.94. The number of hydrogen-bond acceptors (Lipinski definition) is 4. The Balaban J connectivity index is 1.93. The van der Waals surface area contributed by atoms with Crippen molar-refractivity contribution < 1.29 is 19.2 Å². The Morgan fingerprint density at radius 2 is 1.48 bits per heavy atom. The zero-order valence-corrected chi connectivity index (χ0v) is 11.5. The third-order valence-corrected chi connectivity index (χ3v) is 4.08. The molecule has 1 aromatic rings. The van der Waals surface area contributed by atoms with Gasteiger partial charge in [0.05, 0.1) is 17.2 Å². The first-order chi connectivity index (χ1) is 10.1. The van der Waals surface area contributed by atoms with Gasteiger partial charge < -0.3 is 0 Å². The number of hydrogen-bond donors (Lipinski definition) is 0. The second-order valence-electron chi connectivity index (χ2n) is 5.44. The van der Waals surface area contributed by atoms with Crippen molar-refractivity contribution in [3.63, 3.8) is 0 Å². The van der Waals surface area contributed by atoms with Crippen LogP contribution in [0.2, 0.25) is 0 Å². The van der Waals surface area contributed by atoms with E-state index in [1.54, 1.807) is 24.3 Å². The van der Waals surface area contributed by atoms with Crippen molar-refractivity contribution in [3.8, 4) is 0 Å². The highest BCUT2D eigenvalue weighted by atomic mass is 16.2. The molecule has 1 aliphatic heterocycles. The summed E-state index contributed by atoms with van der Waals surface area (Å²) in [4.78, 5) is 49.7. The standard InChI is InChI=1S/C16H15NO4/c18-10-4-3-7-14(19)13(9-8-10)17-15(20)11-5-1-2-6-12(11)16(17)21/h1-2,5-6,13H,3-4,7-9H2. The molecule has 3 rings (SSSR count). The molecule has 0 aromatic heterocycles. The van der Waals surface area contributed by atoms with Crippen LogP contribution in [0, 0.1) is 0 Å². The molecule has 1 aliphatic carbocycles. The van der Waals surface area contributed by atoms with Crippen LogP contribution in [0.1, 0.15) is 52.8 Å². The molecule has 1 aromatic carbocycles. The predicted octanol–water partition coefficient (Wildman–Crippen LogP) is 1.75. The summed E-state index contributed by atoms with van der Waals surface area (Å²) >= 11 is 0. The number of rotatable bonds is 1. The van der Waals surface area contributed by atoms with Crippen molar-refractivity contribution in [1.82, 2.24) is 4.90 Å². The fraction of sp³-hybridized carbons (Fsp3) is 0.375. The van der Waals surface area contributed by atoms with E-state index in [2.05, 4.69) is 0 Å². The first-order valence-corrected chi connectivity index (χ1v) is 7.11. The van der Waals surface area contributed by atoms with Gasteiger partial charge in [0, 0.05) is 19.3 Å². The van der Waals surface area contributed by atoms with Gasteiger partial charge in [0.25, 0.3) is 11.8 Å². The normalized spacial score (nSPS) is 23.0. The highest BCUT2D eigenvalue weighted by Gasteiger charge is 2.42. The Kier molecular flexibility index (Phi) is 3.41. The van der Waals surface area contributed by atoms with E-state index >= 15 is 0 Å². The molecule has 1 saturated carbocycles. The molecule has 2 amide bonds. The maximum Gasteiger partial charge on any atom is 0.262 e. The Hall–Kier alpha value is -2.30. The van der Waals surface area contributed by atoms with Gasteiger partial charge in [-0.15, -0.1) is 0 Å². The highest BCUT2D eigenvalue weighted by Crippen LogP contribution is 2.28. The van der Waals surface area contributed by atoms with Crippen molar-refractivity contribution in [2.45, 2.75) is 38.1 Å². The molecule has 0 saturated heterocycles. The molecular weight excluding hydrogens is 270 g/mol. The van der Waals surface area contributed by atoms with Crippen LogP contribution in [-0.4, -0.2) is 34.3 Å². The number of imide groups is 1. The van der Waals surface area contributed by atoms with E-state index < -0.39 is 17.9 Å². The molecule has 5 nitrogen and oxygen atoms in total. The first kappa shape index (κ1) is 13.7. The summed E-state index contributed by atoms with van der Waals surface area (Å²) in [5.41, 5.74) is 0.673. The van der Waals surface area contributed by atoms with E-state index in [0.717, 1.165) is 4.90 Å². The molecule has 2 aliphatic rings. The van der Waals surface area contributed by atoms with Crippen LogP contribution in [-0.2, 0) is 9.59 Å². The van der Waals surface area contributed by atoms with Crippen LogP contribution in [0.5, 0.6) is 0 Å². The number of amides is 2. The maximum atomic E-state index is 12.4. The molecule has 1 fully saturated rings. The highest BCUT2D eigenvalue weighted by molar-refractivity contribution is 6.23. The summed E-state index contributed by atoms with van der Waals surface area (Å²) in [6.07, 6.45) is 1.62. The number of carbonyl (C=O) groups excluding carboxylic acids is 4. The number of nitrogens with zero attached hydrogens (tertiary/aromatic N) is 1. The summed E-state index contributed by atoms with van der Waals surface area (Å²) < 4.78 is 0. The average molecular weight is 285 g/mol. The average Bonchev–Trinajstić information content (AvgIpc) is 2.72. The SMILES string of the molecule is O=C1CCCC(=O)C(N2C(=O)c3ccccc3C2=O)CC1. The Morgan fingerprint density at radius 1 is 0.857 bits per heavy atom. The Labute approximate surface area is 121 Å². The monoisotopic (exact) mass is 285 g/mol. The molecule has 5 heteroatoms. The van der Waals surface area contributed by atoms with Crippen molar-refractivity contribution in [1.29, 1.82) is 0 Å². The second-order valence-corrected chi connectivity index (χ2v) is 5.44. The summed E-state index contributed by atoms with van der Waals surface area (Å²) in [7, 11) is 0. The Morgan fingerprint density at radius 3 is 2.10 bits per heavy atom. The van der Waals surface area contributed by atoms with Gasteiger partial charge in [-0.25, -0.2) is 0 Å². The molecule has 0 radical (unpaired) electrons. The largest absolute Gasteiger partial charge is 0.300 e. The summed E-state index contributed by atoms with van der Waals surface area (Å²) in [6.45, 7) is 0. The van der Waals surface area contributed by atoms with Gasteiger partial charge in [-0.3, -0.25) is 24.1 Å². The molecule has 0 bridgehead atoms. The fourth-order valence-electron chi connectivity index (χ4n) is 2.97. The lowest BCUT2D eigenvalue weighted by Gasteiger charge is -2.26. The second kappa shape index (κ2) is 5.24. The molecule has 1 heterocycles. The van der Waals surface area contributed by atoms with Gasteiger partial charge in [0.15, 0.2) is 5.78 Å². The summed E-state index contributed by atoms with van der Waals surface area (Å²) in [5.74, 6) is -0.898. The number of benzene rings is 1. The Bertz CT molecular complexity index is 614. The van der Waals surface area contributed by atoms with Crippen LogP contribution in [0.3, 0.4) is 0 Å². The predicted molar refractivity (Wildman–Crippen MR) is 73.8 cm³/mol. The molecule has 1 unspecified atom stereocenters. The third-order valence-electron chi connectivity index (χ3n) is 4.08. The minimum Gasteiger partial charge on any atom is -0.300 e. The van der Waals surface area contributed by atoms with Gasteiger partial charge in [0.2, 0.25) is 0 Å². The van der Waals surface area contributed by atoms with Gasteiger partial charge in [-0.1, -0.05) is 12.1 Å². The summed E-state index contributed by atoms with van der Waals surface area (Å²) in [6, 6.07) is 5.76. The van der Waals surface area contributed by atoms with E-state index in [4.69, 9.17) is 0 Å². The van der Waals surface area contributed by atoms with Crippen LogP contribution in [0.25, 0.3) is 0 Å². The maximum absolute atomic E-state index is 12.4. The van der Waals surface area contributed by atoms with Gasteiger partial charge in [0.1, 0.15) is 5.78 Å². The van der Waals surface area contributed by atoms with E-state index in [0.29, 0.717) is 24.0 Å². The van der Waals surface area contributed by atoms with Crippen molar-refractivity contribution in [2.24, 2.45) is 0 Å². The van der Waals surface area contributed by atoms with E-state index in [-0.39, 0.29) is 30.8 Å². The molecule has 0 spiro atoms. The van der Waals surface area contributed by atoms with Crippen LogP contribution in [0.4, 0.5) is 0 Å². The quantitative estimate of drug-likeness (QED) is 0.737. The molecular formula is C16H15NO4. The van der Waals surface area contributed by atoms with Crippen LogP contribution in [0.15, 0.2) is 24.3 Å². The third kappa shape index (κ3) is 2.28. The molecule has 21 heavy (non-hydrogen) atoms. The number of carbonyl (C=O) groups is 4. The van der Waals surface area contributed by atoms with E-state index in [1.165, 1.54) is 0 Å². The molecule has 108 valence electrons.